The average Bonchev–Trinajstić information content (AvgIpc) is 3.53. The van der Waals surface area contributed by atoms with Gasteiger partial charge in [-0.2, -0.15) is 0 Å². The lowest BCUT2D eigenvalue weighted by atomic mass is 10.00. The van der Waals surface area contributed by atoms with Crippen molar-refractivity contribution in [3.63, 3.8) is 0 Å². The van der Waals surface area contributed by atoms with Gasteiger partial charge in [0.05, 0.1) is 26.4 Å². The van der Waals surface area contributed by atoms with E-state index in [9.17, 15) is 43.2 Å². The van der Waals surface area contributed by atoms with E-state index in [4.69, 9.17) is 37.0 Å². The van der Waals surface area contributed by atoms with Crippen molar-refractivity contribution in [2.75, 3.05) is 39.6 Å². The Morgan fingerprint density at radius 3 is 1.06 bits per heavy atom. The Bertz CT molecular complexity index is 1760. The number of aliphatic hydroxyl groups excluding tert-OH is 1. The fraction of sp³-hybridized carbons (Fsp3) is 0.877. The van der Waals surface area contributed by atoms with Gasteiger partial charge in [-0.15, -0.1) is 0 Å². The minimum absolute atomic E-state index is 0.0833. The second-order valence-corrected chi connectivity index (χ2v) is 26.9. The normalized spacial score (nSPS) is 14.9. The highest BCUT2D eigenvalue weighted by Gasteiger charge is 2.30. The molecule has 0 spiro atoms. The van der Waals surface area contributed by atoms with Crippen LogP contribution < -0.4 is 0 Å². The van der Waals surface area contributed by atoms with Crippen LogP contribution in [0.25, 0.3) is 0 Å². The van der Waals surface area contributed by atoms with E-state index in [0.29, 0.717) is 37.5 Å². The molecule has 19 heteroatoms. The minimum atomic E-state index is -4.95. The number of carbonyl (C=O) groups is 4. The molecule has 6 atom stereocenters. The second kappa shape index (κ2) is 55.8. The van der Waals surface area contributed by atoms with Crippen molar-refractivity contribution in [3.05, 3.63) is 24.3 Å². The number of aliphatic hydroxyl groups is 1. The van der Waals surface area contributed by atoms with Crippen LogP contribution in [0.3, 0.4) is 0 Å². The summed E-state index contributed by atoms with van der Waals surface area (Å²) in [6.45, 7) is 11.5. The molecule has 0 aromatic carbocycles. The fourth-order valence-electron chi connectivity index (χ4n) is 9.08. The lowest BCUT2D eigenvalue weighted by Crippen LogP contribution is -2.30. The highest BCUT2D eigenvalue weighted by atomic mass is 31.2. The third kappa shape index (κ3) is 57.3. The molecule has 0 aliphatic heterocycles. The van der Waals surface area contributed by atoms with Crippen molar-refractivity contribution in [1.82, 2.24) is 0 Å². The topological polar surface area (TPSA) is 237 Å². The average molecular weight is 1240 g/mol. The van der Waals surface area contributed by atoms with Gasteiger partial charge in [0.15, 0.2) is 12.2 Å². The van der Waals surface area contributed by atoms with Crippen LogP contribution in [0.4, 0.5) is 0 Å². The molecule has 84 heavy (non-hydrogen) atoms. The maximum Gasteiger partial charge on any atom is 0.472 e. The second-order valence-electron chi connectivity index (χ2n) is 24.0. The van der Waals surface area contributed by atoms with Gasteiger partial charge >= 0.3 is 39.5 Å². The number of allylic oxidation sites excluding steroid dienone is 4. The molecule has 17 nitrogen and oxygen atoms in total. The number of hydrogen-bond donors (Lipinski definition) is 3. The molecule has 0 heterocycles. The first-order valence-corrected chi connectivity index (χ1v) is 36.2. The maximum absolute atomic E-state index is 13.0. The molecule has 3 N–H and O–H groups in total. The molecule has 0 amide bonds. The van der Waals surface area contributed by atoms with Crippen LogP contribution in [0.15, 0.2) is 24.3 Å². The summed E-state index contributed by atoms with van der Waals surface area (Å²) in [4.78, 5) is 72.2. The van der Waals surface area contributed by atoms with Gasteiger partial charge in [0.2, 0.25) is 0 Å². The van der Waals surface area contributed by atoms with Crippen LogP contribution in [0.5, 0.6) is 0 Å². The van der Waals surface area contributed by atoms with E-state index in [2.05, 4.69) is 72.8 Å². The molecular weight excluding hydrogens is 1110 g/mol. The molecule has 0 rings (SSSR count). The Hall–Kier alpha value is -2.46. The van der Waals surface area contributed by atoms with Crippen LogP contribution in [0.2, 0.25) is 0 Å². The van der Waals surface area contributed by atoms with Crippen LogP contribution in [0, 0.1) is 17.8 Å². The quantitative estimate of drug-likeness (QED) is 0.0169. The van der Waals surface area contributed by atoms with E-state index in [1.54, 1.807) is 0 Å². The lowest BCUT2D eigenvalue weighted by molar-refractivity contribution is -0.161. The summed E-state index contributed by atoms with van der Waals surface area (Å²) in [6, 6.07) is 0. The zero-order valence-electron chi connectivity index (χ0n) is 53.8. The van der Waals surface area contributed by atoms with Gasteiger partial charge < -0.3 is 33.8 Å². The Morgan fingerprint density at radius 2 is 0.702 bits per heavy atom. The van der Waals surface area contributed by atoms with E-state index >= 15 is 0 Å². The standard InChI is InChI=1S/C65H122O17P2/c1-8-10-11-12-13-14-15-16-17-18-19-20-23-34-41-48-64(69)81-60(53-76-63(68)47-40-33-28-26-31-38-45-58(7)9-2)54-79-83(71,72)77-50-59(66)51-78-84(73,74)80-55-61(52-75-62(67)46-39-32-27-25-30-37-44-57(5)6)82-65(70)49-42-35-24-21-22-29-36-43-56(3)4/h14-17,56-61,66H,8-13,18-55H2,1-7H3,(H,71,72)(H,73,74)/b15-14-,17-16-/t58?,59-,60+,61+/m0/s1. The molecule has 0 saturated carbocycles. The summed E-state index contributed by atoms with van der Waals surface area (Å²) in [5, 5.41) is 10.5. The minimum Gasteiger partial charge on any atom is -0.462 e. The Kier molecular flexibility index (Phi) is 54.2. The van der Waals surface area contributed by atoms with Gasteiger partial charge in [-0.05, 0) is 69.1 Å². The number of carbonyl (C=O) groups excluding carboxylic acids is 4. The SMILES string of the molecule is CCCCCC/C=C\C=C/CCCCCCCC(=O)O[C@H](COC(=O)CCCCCCCCC(C)CC)COP(=O)(O)OC[C@H](O)COP(=O)(O)OC[C@@H](COC(=O)CCCCCCCCC(C)C)OC(=O)CCCCCCCCCC(C)C. The zero-order chi connectivity index (χ0) is 62.4. The monoisotopic (exact) mass is 1240 g/mol. The molecular formula is C65H122O17P2. The number of phosphoric ester groups is 2. The summed E-state index contributed by atoms with van der Waals surface area (Å²) in [7, 11) is -9.90. The maximum atomic E-state index is 13.0. The Morgan fingerprint density at radius 1 is 0.393 bits per heavy atom. The molecule has 0 aromatic heterocycles. The van der Waals surface area contributed by atoms with E-state index in [1.807, 2.05) is 0 Å². The van der Waals surface area contributed by atoms with Gasteiger partial charge in [-0.25, -0.2) is 9.13 Å². The van der Waals surface area contributed by atoms with Crippen molar-refractivity contribution in [3.8, 4) is 0 Å². The summed E-state index contributed by atoms with van der Waals surface area (Å²) in [5.74, 6) is -0.0712. The summed E-state index contributed by atoms with van der Waals surface area (Å²) < 4.78 is 67.9. The number of unbranched alkanes of at least 4 members (excludes halogenated alkanes) is 25. The van der Waals surface area contributed by atoms with Crippen LogP contribution in [-0.4, -0.2) is 96.7 Å². The first-order chi connectivity index (χ1) is 40.3. The van der Waals surface area contributed by atoms with Gasteiger partial charge in [0, 0.05) is 25.7 Å². The molecule has 0 aliphatic carbocycles. The Labute approximate surface area is 510 Å². The first-order valence-electron chi connectivity index (χ1n) is 33.2. The van der Waals surface area contributed by atoms with Crippen LogP contribution in [-0.2, 0) is 65.4 Å². The first kappa shape index (κ1) is 81.5. The van der Waals surface area contributed by atoms with Crippen molar-refractivity contribution in [2.24, 2.45) is 17.8 Å². The van der Waals surface area contributed by atoms with E-state index in [1.165, 1.54) is 77.0 Å². The third-order valence-corrected chi connectivity index (χ3v) is 16.5. The number of hydrogen-bond acceptors (Lipinski definition) is 15. The Balaban J connectivity index is 5.28. The molecule has 0 saturated heterocycles. The highest BCUT2D eigenvalue weighted by molar-refractivity contribution is 7.47. The predicted molar refractivity (Wildman–Crippen MR) is 335 cm³/mol. The third-order valence-electron chi connectivity index (χ3n) is 14.6. The van der Waals surface area contributed by atoms with Gasteiger partial charge in [0.1, 0.15) is 19.3 Å². The van der Waals surface area contributed by atoms with Gasteiger partial charge in [-0.3, -0.25) is 37.3 Å². The number of rotatable bonds is 61. The zero-order valence-corrected chi connectivity index (χ0v) is 55.6. The van der Waals surface area contributed by atoms with E-state index in [-0.39, 0.29) is 25.7 Å². The number of ether oxygens (including phenoxy) is 4. The van der Waals surface area contributed by atoms with Crippen molar-refractivity contribution >= 4 is 39.5 Å². The summed E-state index contributed by atoms with van der Waals surface area (Å²) >= 11 is 0. The molecule has 0 fully saturated rings. The predicted octanol–water partition coefficient (Wildman–Crippen LogP) is 17.4. The molecule has 0 aliphatic rings. The molecule has 0 radical (unpaired) electrons. The largest absolute Gasteiger partial charge is 0.472 e. The van der Waals surface area contributed by atoms with Crippen molar-refractivity contribution in [2.45, 2.75) is 311 Å². The number of esters is 4. The van der Waals surface area contributed by atoms with Gasteiger partial charge in [0.25, 0.3) is 0 Å². The molecule has 0 bridgehead atoms. The summed E-state index contributed by atoms with van der Waals surface area (Å²) in [6.07, 6.45) is 40.1. The number of phosphoric acid groups is 2. The lowest BCUT2D eigenvalue weighted by Gasteiger charge is -2.21. The molecule has 3 unspecified atom stereocenters. The highest BCUT2D eigenvalue weighted by Crippen LogP contribution is 2.45. The van der Waals surface area contributed by atoms with Crippen LogP contribution in [0.1, 0.15) is 292 Å². The fourth-order valence-corrected chi connectivity index (χ4v) is 10.7. The smallest absolute Gasteiger partial charge is 0.462 e. The van der Waals surface area contributed by atoms with Crippen LogP contribution >= 0.6 is 15.6 Å². The van der Waals surface area contributed by atoms with E-state index < -0.39 is 97.5 Å². The summed E-state index contributed by atoms with van der Waals surface area (Å²) in [5.41, 5.74) is 0. The van der Waals surface area contributed by atoms with Crippen molar-refractivity contribution in [1.29, 1.82) is 0 Å². The van der Waals surface area contributed by atoms with E-state index in [0.717, 1.165) is 121 Å². The van der Waals surface area contributed by atoms with Crippen molar-refractivity contribution < 1.29 is 80.2 Å². The van der Waals surface area contributed by atoms with Gasteiger partial charge in [-0.1, -0.05) is 240 Å². The molecule has 494 valence electrons. The molecule has 0 aromatic rings.